The third kappa shape index (κ3) is 3.24. The van der Waals surface area contributed by atoms with Crippen molar-refractivity contribution < 1.29 is 4.79 Å². The monoisotopic (exact) mass is 275 g/mol. The summed E-state index contributed by atoms with van der Waals surface area (Å²) in [6, 6.07) is 5.62. The highest BCUT2D eigenvalue weighted by Gasteiger charge is 2.28. The zero-order valence-corrected chi connectivity index (χ0v) is 12.4. The molecule has 4 heteroatoms. The molecule has 0 radical (unpaired) electrons. The number of carbonyl (C=O) groups is 1. The lowest BCUT2D eigenvalue weighted by molar-refractivity contribution is 0.100. The molecule has 1 aromatic carbocycles. The lowest BCUT2D eigenvalue weighted by atomic mass is 9.77. The Morgan fingerprint density at radius 3 is 2.65 bits per heavy atom. The standard InChI is InChI=1S/C16H25N3O/c1-10(2)12-5-3-4-6-14(12)19-15-9-11(17)7-8-13(15)16(18)20/h7-10,12,14,19H,3-6,17H2,1-2H3,(H2,18,20). The molecule has 0 spiro atoms. The Morgan fingerprint density at radius 2 is 2.00 bits per heavy atom. The highest BCUT2D eigenvalue weighted by atomic mass is 16.1. The number of nitrogens with two attached hydrogens (primary N) is 2. The highest BCUT2D eigenvalue weighted by Crippen LogP contribution is 2.33. The summed E-state index contributed by atoms with van der Waals surface area (Å²) in [5, 5.41) is 3.52. The summed E-state index contributed by atoms with van der Waals surface area (Å²) in [7, 11) is 0. The van der Waals surface area contributed by atoms with Gasteiger partial charge >= 0.3 is 0 Å². The van der Waals surface area contributed by atoms with Crippen molar-refractivity contribution >= 4 is 17.3 Å². The molecule has 0 bridgehead atoms. The van der Waals surface area contributed by atoms with Gasteiger partial charge in [0.2, 0.25) is 0 Å². The smallest absolute Gasteiger partial charge is 0.250 e. The van der Waals surface area contributed by atoms with E-state index in [9.17, 15) is 4.79 Å². The van der Waals surface area contributed by atoms with Crippen molar-refractivity contribution in [3.8, 4) is 0 Å². The quantitative estimate of drug-likeness (QED) is 0.739. The van der Waals surface area contributed by atoms with Gasteiger partial charge in [-0.25, -0.2) is 0 Å². The van der Waals surface area contributed by atoms with Crippen LogP contribution in [0.4, 0.5) is 11.4 Å². The minimum Gasteiger partial charge on any atom is -0.399 e. The van der Waals surface area contributed by atoms with E-state index in [0.717, 1.165) is 12.1 Å². The number of nitrogens with one attached hydrogen (secondary N) is 1. The van der Waals surface area contributed by atoms with Crippen LogP contribution in [-0.2, 0) is 0 Å². The van der Waals surface area contributed by atoms with Gasteiger partial charge in [-0.3, -0.25) is 4.79 Å². The maximum absolute atomic E-state index is 11.5. The van der Waals surface area contributed by atoms with E-state index in [1.54, 1.807) is 12.1 Å². The molecule has 2 unspecified atom stereocenters. The Hall–Kier alpha value is -1.71. The topological polar surface area (TPSA) is 81.1 Å². The Labute approximate surface area is 120 Å². The van der Waals surface area contributed by atoms with E-state index < -0.39 is 5.91 Å². The first kappa shape index (κ1) is 14.7. The highest BCUT2D eigenvalue weighted by molar-refractivity contribution is 5.99. The van der Waals surface area contributed by atoms with Crippen molar-refractivity contribution in [3.05, 3.63) is 23.8 Å². The Balaban J connectivity index is 2.23. The SMILES string of the molecule is CC(C)C1CCCCC1Nc1cc(N)ccc1C(N)=O. The second-order valence-electron chi connectivity index (χ2n) is 6.11. The fourth-order valence-corrected chi connectivity index (χ4v) is 3.23. The van der Waals surface area contributed by atoms with Crippen molar-refractivity contribution in [1.82, 2.24) is 0 Å². The van der Waals surface area contributed by atoms with Crippen LogP contribution in [-0.4, -0.2) is 11.9 Å². The molecule has 1 saturated carbocycles. The number of amides is 1. The largest absolute Gasteiger partial charge is 0.399 e. The molecule has 1 aliphatic carbocycles. The zero-order valence-electron chi connectivity index (χ0n) is 12.4. The molecule has 0 aromatic heterocycles. The molecular formula is C16H25N3O. The zero-order chi connectivity index (χ0) is 14.7. The van der Waals surface area contributed by atoms with E-state index in [4.69, 9.17) is 11.5 Å². The number of primary amides is 1. The van der Waals surface area contributed by atoms with E-state index in [1.165, 1.54) is 19.3 Å². The molecular weight excluding hydrogens is 250 g/mol. The second kappa shape index (κ2) is 6.16. The van der Waals surface area contributed by atoms with Crippen LogP contribution in [0, 0.1) is 11.8 Å². The van der Waals surface area contributed by atoms with Gasteiger partial charge in [0.05, 0.1) is 5.56 Å². The van der Waals surface area contributed by atoms with Gasteiger partial charge in [0, 0.05) is 17.4 Å². The molecule has 4 nitrogen and oxygen atoms in total. The third-order valence-corrected chi connectivity index (χ3v) is 4.33. The maximum Gasteiger partial charge on any atom is 0.250 e. The minimum absolute atomic E-state index is 0.392. The molecule has 20 heavy (non-hydrogen) atoms. The molecule has 5 N–H and O–H groups in total. The maximum atomic E-state index is 11.5. The van der Waals surface area contributed by atoms with E-state index in [0.29, 0.717) is 29.1 Å². The fourth-order valence-electron chi connectivity index (χ4n) is 3.23. The summed E-state index contributed by atoms with van der Waals surface area (Å²) in [6.45, 7) is 4.53. The first-order valence-electron chi connectivity index (χ1n) is 7.45. The van der Waals surface area contributed by atoms with Gasteiger partial charge in [-0.1, -0.05) is 26.7 Å². The first-order chi connectivity index (χ1) is 9.49. The number of benzene rings is 1. The van der Waals surface area contributed by atoms with Crippen molar-refractivity contribution in [1.29, 1.82) is 0 Å². The van der Waals surface area contributed by atoms with Gasteiger partial charge in [-0.2, -0.15) is 0 Å². The Bertz CT molecular complexity index is 485. The van der Waals surface area contributed by atoms with Crippen molar-refractivity contribution in [3.63, 3.8) is 0 Å². The average Bonchev–Trinajstić information content (AvgIpc) is 2.38. The third-order valence-electron chi connectivity index (χ3n) is 4.33. The molecule has 1 aliphatic rings. The number of hydrogen-bond acceptors (Lipinski definition) is 3. The molecule has 2 atom stereocenters. The van der Waals surface area contributed by atoms with Crippen LogP contribution >= 0.6 is 0 Å². The summed E-state index contributed by atoms with van der Waals surface area (Å²) < 4.78 is 0. The van der Waals surface area contributed by atoms with Crippen LogP contribution < -0.4 is 16.8 Å². The van der Waals surface area contributed by atoms with E-state index in [1.807, 2.05) is 6.07 Å². The van der Waals surface area contributed by atoms with Crippen LogP contribution in [0.1, 0.15) is 49.9 Å². The molecule has 1 aromatic rings. The normalized spacial score (nSPS) is 22.8. The Morgan fingerprint density at radius 1 is 1.30 bits per heavy atom. The number of nitrogen functional groups attached to an aromatic ring is 1. The fraction of sp³-hybridized carbons (Fsp3) is 0.562. The van der Waals surface area contributed by atoms with Crippen LogP contribution in [0.5, 0.6) is 0 Å². The van der Waals surface area contributed by atoms with Gasteiger partial charge in [0.25, 0.3) is 5.91 Å². The van der Waals surface area contributed by atoms with Crippen LogP contribution in [0.15, 0.2) is 18.2 Å². The van der Waals surface area contributed by atoms with Crippen LogP contribution in [0.2, 0.25) is 0 Å². The molecule has 1 amide bonds. The predicted molar refractivity (Wildman–Crippen MR) is 83.6 cm³/mol. The molecule has 110 valence electrons. The summed E-state index contributed by atoms with van der Waals surface area (Å²) in [5.41, 5.74) is 13.2. The van der Waals surface area contributed by atoms with Gasteiger partial charge in [0.15, 0.2) is 0 Å². The molecule has 0 heterocycles. The molecule has 0 saturated heterocycles. The van der Waals surface area contributed by atoms with Crippen molar-refractivity contribution in [2.75, 3.05) is 11.1 Å². The summed E-state index contributed by atoms with van der Waals surface area (Å²) in [4.78, 5) is 11.5. The van der Waals surface area contributed by atoms with Crippen LogP contribution in [0.3, 0.4) is 0 Å². The van der Waals surface area contributed by atoms with Gasteiger partial charge in [-0.05, 0) is 42.9 Å². The number of hydrogen-bond donors (Lipinski definition) is 3. The predicted octanol–water partition coefficient (Wildman–Crippen LogP) is 2.99. The van der Waals surface area contributed by atoms with Gasteiger partial charge in [-0.15, -0.1) is 0 Å². The van der Waals surface area contributed by atoms with Crippen LogP contribution in [0.25, 0.3) is 0 Å². The molecule has 1 fully saturated rings. The lowest BCUT2D eigenvalue weighted by Crippen LogP contribution is -2.36. The first-order valence-corrected chi connectivity index (χ1v) is 7.45. The number of rotatable bonds is 4. The summed E-state index contributed by atoms with van der Waals surface area (Å²) in [6.07, 6.45) is 4.90. The summed E-state index contributed by atoms with van der Waals surface area (Å²) >= 11 is 0. The summed E-state index contributed by atoms with van der Waals surface area (Å²) in [5.74, 6) is 0.848. The lowest BCUT2D eigenvalue weighted by Gasteiger charge is -2.36. The second-order valence-corrected chi connectivity index (χ2v) is 6.11. The van der Waals surface area contributed by atoms with Gasteiger partial charge < -0.3 is 16.8 Å². The number of anilines is 2. The van der Waals surface area contributed by atoms with E-state index in [-0.39, 0.29) is 0 Å². The number of carbonyl (C=O) groups excluding carboxylic acids is 1. The van der Waals surface area contributed by atoms with Gasteiger partial charge in [0.1, 0.15) is 0 Å². The Kier molecular flexibility index (Phi) is 4.53. The minimum atomic E-state index is -0.413. The average molecular weight is 275 g/mol. The van der Waals surface area contributed by atoms with E-state index in [2.05, 4.69) is 19.2 Å². The van der Waals surface area contributed by atoms with Crippen molar-refractivity contribution in [2.24, 2.45) is 17.6 Å². The van der Waals surface area contributed by atoms with Crippen molar-refractivity contribution in [2.45, 2.75) is 45.6 Å². The van der Waals surface area contributed by atoms with E-state index >= 15 is 0 Å². The molecule has 2 rings (SSSR count). The molecule has 0 aliphatic heterocycles.